The van der Waals surface area contributed by atoms with E-state index in [2.05, 4.69) is 14.3 Å². The molecular weight excluding hydrogens is 328 g/mol. The number of amides is 2. The van der Waals surface area contributed by atoms with E-state index in [4.69, 9.17) is 5.73 Å². The van der Waals surface area contributed by atoms with Crippen molar-refractivity contribution in [3.63, 3.8) is 0 Å². The first-order valence-electron chi connectivity index (χ1n) is 8.25. The molecule has 2 saturated heterocycles. The monoisotopic (exact) mass is 352 g/mol. The summed E-state index contributed by atoms with van der Waals surface area (Å²) in [4.78, 5) is 34.1. The molecule has 0 bridgehead atoms. The number of nitrogens with zero attached hydrogens (tertiary/aromatic N) is 5. The lowest BCUT2D eigenvalue weighted by atomic mass is 10.0. The van der Waals surface area contributed by atoms with Crippen molar-refractivity contribution in [1.29, 1.82) is 0 Å². The number of rotatable bonds is 5. The van der Waals surface area contributed by atoms with Crippen LogP contribution in [0.15, 0.2) is 0 Å². The average Bonchev–Trinajstić information content (AvgIpc) is 3.15. The Labute approximate surface area is 145 Å². The second kappa shape index (κ2) is 7.02. The smallest absolute Gasteiger partial charge is 0.223 e. The Balaban J connectivity index is 1.50. The molecule has 2 aliphatic rings. The predicted molar refractivity (Wildman–Crippen MR) is 91.5 cm³/mol. The molecular formula is C15H24N6O2S. The van der Waals surface area contributed by atoms with Gasteiger partial charge in [-0.2, -0.15) is 4.37 Å². The van der Waals surface area contributed by atoms with Crippen LogP contribution in [-0.2, 0) is 16.1 Å². The van der Waals surface area contributed by atoms with Crippen molar-refractivity contribution in [2.45, 2.75) is 31.8 Å². The van der Waals surface area contributed by atoms with Gasteiger partial charge in [-0.3, -0.25) is 14.5 Å². The van der Waals surface area contributed by atoms with Crippen molar-refractivity contribution in [1.82, 2.24) is 19.2 Å². The molecule has 2 aliphatic heterocycles. The van der Waals surface area contributed by atoms with E-state index in [0.717, 1.165) is 43.4 Å². The Hall–Kier alpha value is -1.74. The number of piperidine rings is 1. The van der Waals surface area contributed by atoms with E-state index in [1.54, 1.807) is 0 Å². The molecule has 0 spiro atoms. The number of carbonyl (C=O) groups is 2. The molecule has 3 heterocycles. The van der Waals surface area contributed by atoms with E-state index in [9.17, 15) is 9.59 Å². The maximum atomic E-state index is 12.1. The summed E-state index contributed by atoms with van der Waals surface area (Å²) in [6.45, 7) is 3.05. The number of hydrogen-bond donors (Lipinski definition) is 1. The van der Waals surface area contributed by atoms with E-state index in [1.807, 2.05) is 23.9 Å². The number of aromatic nitrogens is 2. The SMILES string of the molecule is CN(C)c1nc(CN2CCC(N3CC(C(N)=O)CC3=O)CC2)ns1. The van der Waals surface area contributed by atoms with E-state index in [0.29, 0.717) is 6.54 Å². The minimum Gasteiger partial charge on any atom is -0.369 e. The molecule has 0 aliphatic carbocycles. The normalized spacial score (nSPS) is 23.0. The number of likely N-dealkylation sites (tertiary alicyclic amines) is 2. The lowest BCUT2D eigenvalue weighted by molar-refractivity contribution is -0.130. The van der Waals surface area contributed by atoms with Crippen LogP contribution in [0.1, 0.15) is 25.1 Å². The van der Waals surface area contributed by atoms with Crippen LogP contribution in [0.2, 0.25) is 0 Å². The largest absolute Gasteiger partial charge is 0.369 e. The molecule has 0 saturated carbocycles. The summed E-state index contributed by atoms with van der Waals surface area (Å²) in [5.74, 6) is 0.232. The molecule has 0 radical (unpaired) electrons. The molecule has 0 aromatic carbocycles. The zero-order valence-corrected chi connectivity index (χ0v) is 15.0. The highest BCUT2D eigenvalue weighted by Crippen LogP contribution is 2.26. The minimum absolute atomic E-state index is 0.0639. The third-order valence-electron chi connectivity index (χ3n) is 4.76. The fourth-order valence-corrected chi connectivity index (χ4v) is 3.95. The molecule has 3 rings (SSSR count). The third-order valence-corrected chi connectivity index (χ3v) is 5.69. The summed E-state index contributed by atoms with van der Waals surface area (Å²) in [6.07, 6.45) is 2.11. The maximum Gasteiger partial charge on any atom is 0.223 e. The van der Waals surface area contributed by atoms with Crippen LogP contribution in [0.5, 0.6) is 0 Å². The number of carbonyl (C=O) groups excluding carboxylic acids is 2. The van der Waals surface area contributed by atoms with Crippen LogP contribution < -0.4 is 10.6 Å². The van der Waals surface area contributed by atoms with Gasteiger partial charge in [-0.25, -0.2) is 4.98 Å². The second-order valence-corrected chi connectivity index (χ2v) is 7.47. The van der Waals surface area contributed by atoms with Gasteiger partial charge in [0.15, 0.2) is 5.82 Å². The Morgan fingerprint density at radius 1 is 1.38 bits per heavy atom. The van der Waals surface area contributed by atoms with E-state index >= 15 is 0 Å². The molecule has 2 amide bonds. The zero-order chi connectivity index (χ0) is 17.3. The van der Waals surface area contributed by atoms with Crippen molar-refractivity contribution in [3.8, 4) is 0 Å². The van der Waals surface area contributed by atoms with Gasteiger partial charge in [-0.15, -0.1) is 0 Å². The highest BCUT2D eigenvalue weighted by molar-refractivity contribution is 7.09. The molecule has 2 fully saturated rings. The fourth-order valence-electron chi connectivity index (χ4n) is 3.35. The fraction of sp³-hybridized carbons (Fsp3) is 0.733. The van der Waals surface area contributed by atoms with Gasteiger partial charge in [0, 0.05) is 57.7 Å². The first-order valence-corrected chi connectivity index (χ1v) is 9.02. The number of nitrogens with two attached hydrogens (primary N) is 1. The predicted octanol–water partition coefficient (Wildman–Crippen LogP) is -0.0977. The summed E-state index contributed by atoms with van der Waals surface area (Å²) in [5, 5.41) is 0.917. The molecule has 8 nitrogen and oxygen atoms in total. The van der Waals surface area contributed by atoms with Crippen LogP contribution in [0, 0.1) is 5.92 Å². The van der Waals surface area contributed by atoms with Gasteiger partial charge < -0.3 is 15.5 Å². The summed E-state index contributed by atoms with van der Waals surface area (Å²) in [6, 6.07) is 0.221. The molecule has 2 N–H and O–H groups in total. The first-order chi connectivity index (χ1) is 11.4. The molecule has 1 unspecified atom stereocenters. The lowest BCUT2D eigenvalue weighted by Gasteiger charge is -2.36. The number of hydrogen-bond acceptors (Lipinski definition) is 7. The van der Waals surface area contributed by atoms with Gasteiger partial charge in [0.05, 0.1) is 12.5 Å². The Bertz CT molecular complexity index is 611. The Morgan fingerprint density at radius 2 is 2.08 bits per heavy atom. The van der Waals surface area contributed by atoms with E-state index < -0.39 is 0 Å². The van der Waals surface area contributed by atoms with Crippen LogP contribution in [0.4, 0.5) is 5.13 Å². The van der Waals surface area contributed by atoms with Crippen LogP contribution in [-0.4, -0.2) is 70.7 Å². The lowest BCUT2D eigenvalue weighted by Crippen LogP contribution is -2.45. The molecule has 132 valence electrons. The summed E-state index contributed by atoms with van der Waals surface area (Å²) < 4.78 is 4.40. The quantitative estimate of drug-likeness (QED) is 0.795. The molecule has 1 atom stereocenters. The van der Waals surface area contributed by atoms with Crippen LogP contribution in [0.3, 0.4) is 0 Å². The van der Waals surface area contributed by atoms with Crippen LogP contribution in [0.25, 0.3) is 0 Å². The standard InChI is InChI=1S/C15H24N6O2S/c1-19(2)15-17-12(18-24-15)9-20-5-3-11(4-6-20)21-8-10(14(16)23)7-13(21)22/h10-11H,3-9H2,1-2H3,(H2,16,23). The van der Waals surface area contributed by atoms with Crippen LogP contribution >= 0.6 is 11.5 Å². The highest BCUT2D eigenvalue weighted by atomic mass is 32.1. The van der Waals surface area contributed by atoms with Crippen molar-refractivity contribution in [2.24, 2.45) is 11.7 Å². The molecule has 24 heavy (non-hydrogen) atoms. The van der Waals surface area contributed by atoms with Crippen molar-refractivity contribution >= 4 is 28.5 Å². The maximum absolute atomic E-state index is 12.1. The van der Waals surface area contributed by atoms with Crippen molar-refractivity contribution in [2.75, 3.05) is 38.6 Å². The molecule has 1 aromatic heterocycles. The summed E-state index contributed by atoms with van der Waals surface area (Å²) in [5.41, 5.74) is 5.34. The highest BCUT2D eigenvalue weighted by Gasteiger charge is 2.38. The molecule has 9 heteroatoms. The Morgan fingerprint density at radius 3 is 2.62 bits per heavy atom. The van der Waals surface area contributed by atoms with Gasteiger partial charge >= 0.3 is 0 Å². The third kappa shape index (κ3) is 3.67. The summed E-state index contributed by atoms with van der Waals surface area (Å²) >= 11 is 1.41. The number of primary amides is 1. The average molecular weight is 352 g/mol. The van der Waals surface area contributed by atoms with Gasteiger partial charge in [0.1, 0.15) is 0 Å². The van der Waals surface area contributed by atoms with Gasteiger partial charge in [0.2, 0.25) is 16.9 Å². The van der Waals surface area contributed by atoms with Gasteiger partial charge in [0.25, 0.3) is 0 Å². The van der Waals surface area contributed by atoms with Gasteiger partial charge in [-0.1, -0.05) is 0 Å². The van der Waals surface area contributed by atoms with Gasteiger partial charge in [-0.05, 0) is 12.8 Å². The minimum atomic E-state index is -0.366. The van der Waals surface area contributed by atoms with Crippen molar-refractivity contribution in [3.05, 3.63) is 5.82 Å². The summed E-state index contributed by atoms with van der Waals surface area (Å²) in [7, 11) is 3.92. The number of anilines is 1. The van der Waals surface area contributed by atoms with E-state index in [-0.39, 0.29) is 30.2 Å². The Kier molecular flexibility index (Phi) is 5.00. The van der Waals surface area contributed by atoms with E-state index in [1.165, 1.54) is 11.5 Å². The molecule has 1 aromatic rings. The first kappa shape index (κ1) is 17.1. The van der Waals surface area contributed by atoms with Crippen molar-refractivity contribution < 1.29 is 9.59 Å². The second-order valence-electron chi connectivity index (χ2n) is 6.74. The topological polar surface area (TPSA) is 95.7 Å². The zero-order valence-electron chi connectivity index (χ0n) is 14.1.